The summed E-state index contributed by atoms with van der Waals surface area (Å²) in [6.45, 7) is 0. The lowest BCUT2D eigenvalue weighted by Crippen LogP contribution is -2.32. The molecule has 15 rings (SSSR count). The van der Waals surface area contributed by atoms with E-state index in [4.69, 9.17) is 0 Å². The van der Waals surface area contributed by atoms with Gasteiger partial charge in [0.2, 0.25) is 0 Å². The Morgan fingerprint density at radius 2 is 0.612 bits per heavy atom. The fourth-order valence-corrected chi connectivity index (χ4v) is 14.9. The number of nitrogens with zero attached hydrogens (tertiary/aromatic N) is 1. The Morgan fingerprint density at radius 3 is 1.12 bits per heavy atom. The largest absolute Gasteiger partial charge is 0.310 e. The minimum atomic E-state index is -0.495. The van der Waals surface area contributed by atoms with Gasteiger partial charge in [0.05, 0.1) is 10.8 Å². The minimum absolute atomic E-state index is 0.495. The third-order valence-electron chi connectivity index (χ3n) is 15.2. The molecule has 4 aliphatic rings. The van der Waals surface area contributed by atoms with Crippen molar-refractivity contribution in [3.63, 3.8) is 0 Å². The van der Waals surface area contributed by atoms with Crippen LogP contribution in [0.5, 0.6) is 0 Å². The molecular weight excluding hydrogens is 847 g/mol. The molecule has 312 valence electrons. The first-order chi connectivity index (χ1) is 33.2. The van der Waals surface area contributed by atoms with Crippen LogP contribution in [0.15, 0.2) is 256 Å². The summed E-state index contributed by atoms with van der Waals surface area (Å²) in [5, 5.41) is 5.00. The van der Waals surface area contributed by atoms with Gasteiger partial charge in [-0.25, -0.2) is 0 Å². The van der Waals surface area contributed by atoms with Gasteiger partial charge >= 0.3 is 0 Å². The van der Waals surface area contributed by atoms with E-state index >= 15 is 0 Å². The van der Waals surface area contributed by atoms with Crippen molar-refractivity contribution in [3.8, 4) is 22.3 Å². The average Bonchev–Trinajstić information content (AvgIpc) is 3.84. The van der Waals surface area contributed by atoms with E-state index in [1.165, 1.54) is 108 Å². The van der Waals surface area contributed by atoms with E-state index in [0.717, 1.165) is 17.1 Å². The van der Waals surface area contributed by atoms with Crippen molar-refractivity contribution in [2.24, 2.45) is 0 Å². The van der Waals surface area contributed by atoms with Crippen LogP contribution in [0.2, 0.25) is 0 Å². The Hall–Kier alpha value is -7.56. The zero-order chi connectivity index (χ0) is 43.8. The molecule has 11 aromatic carbocycles. The van der Waals surface area contributed by atoms with Crippen molar-refractivity contribution in [1.82, 2.24) is 0 Å². The second kappa shape index (κ2) is 14.0. The van der Waals surface area contributed by atoms with Crippen LogP contribution in [0.4, 0.5) is 17.1 Å². The lowest BCUT2D eigenvalue weighted by Gasteiger charge is -2.40. The molecule has 0 radical (unpaired) electrons. The zero-order valence-electron chi connectivity index (χ0n) is 36.3. The van der Waals surface area contributed by atoms with Crippen molar-refractivity contribution in [1.29, 1.82) is 0 Å². The molecule has 0 saturated heterocycles. The summed E-state index contributed by atoms with van der Waals surface area (Å²) in [5.41, 5.74) is 18.3. The van der Waals surface area contributed by atoms with Gasteiger partial charge in [-0.2, -0.15) is 0 Å². The van der Waals surface area contributed by atoms with Crippen LogP contribution < -0.4 is 4.90 Å². The molecule has 0 amide bonds. The van der Waals surface area contributed by atoms with E-state index in [2.05, 4.69) is 241 Å². The molecule has 2 heterocycles. The highest BCUT2D eigenvalue weighted by molar-refractivity contribution is 7.99. The number of anilines is 3. The normalized spacial score (nSPS) is 14.7. The van der Waals surface area contributed by atoms with Crippen LogP contribution >= 0.6 is 23.5 Å². The molecule has 0 bridgehead atoms. The molecule has 11 aromatic rings. The van der Waals surface area contributed by atoms with Crippen molar-refractivity contribution >= 4 is 62.1 Å². The SMILES string of the molecule is c1ccc2c(c1)Sc1ccccc1C21c2ccccc2-c2ccc(N(c3ccc4c(c3)C3(c5ccccc5Sc5ccccc53)c3ccccc3-4)c3ccc4c(ccc5ccccc54)c3)cc21. The van der Waals surface area contributed by atoms with Gasteiger partial charge in [0.1, 0.15) is 0 Å². The molecule has 3 heteroatoms. The van der Waals surface area contributed by atoms with Crippen molar-refractivity contribution < 1.29 is 0 Å². The van der Waals surface area contributed by atoms with Crippen LogP contribution in [0.1, 0.15) is 44.5 Å². The van der Waals surface area contributed by atoms with E-state index in [1.807, 2.05) is 23.5 Å². The summed E-state index contributed by atoms with van der Waals surface area (Å²) in [4.78, 5) is 7.77. The Bertz CT molecular complexity index is 3630. The van der Waals surface area contributed by atoms with Gasteiger partial charge in [-0.15, -0.1) is 0 Å². The third-order valence-corrected chi connectivity index (χ3v) is 17.5. The van der Waals surface area contributed by atoms with Gasteiger partial charge in [0.15, 0.2) is 0 Å². The Labute approximate surface area is 398 Å². The van der Waals surface area contributed by atoms with Crippen molar-refractivity contribution in [3.05, 3.63) is 281 Å². The van der Waals surface area contributed by atoms with Gasteiger partial charge in [-0.05, 0) is 149 Å². The summed E-state index contributed by atoms with van der Waals surface area (Å²) in [7, 11) is 0. The first-order valence-electron chi connectivity index (χ1n) is 23.2. The Morgan fingerprint density at radius 1 is 0.254 bits per heavy atom. The summed E-state index contributed by atoms with van der Waals surface area (Å²) in [6.07, 6.45) is 0. The lowest BCUT2D eigenvalue weighted by molar-refractivity contribution is 0.721. The van der Waals surface area contributed by atoms with Crippen LogP contribution in [-0.4, -0.2) is 0 Å². The fourth-order valence-electron chi connectivity index (χ4n) is 12.5. The molecule has 67 heavy (non-hydrogen) atoms. The molecule has 1 nitrogen and oxygen atoms in total. The topological polar surface area (TPSA) is 3.24 Å². The highest BCUT2D eigenvalue weighted by Crippen LogP contribution is 2.65. The van der Waals surface area contributed by atoms with E-state index in [1.54, 1.807) is 0 Å². The smallest absolute Gasteiger partial charge is 0.0736 e. The quantitative estimate of drug-likeness (QED) is 0.163. The molecule has 0 aromatic heterocycles. The molecule has 0 N–H and O–H groups in total. The predicted molar refractivity (Wildman–Crippen MR) is 279 cm³/mol. The maximum Gasteiger partial charge on any atom is 0.0736 e. The number of fused-ring (bicyclic) bond motifs is 21. The van der Waals surface area contributed by atoms with Crippen molar-refractivity contribution in [2.75, 3.05) is 4.90 Å². The summed E-state index contributed by atoms with van der Waals surface area (Å²) in [5.74, 6) is 0. The van der Waals surface area contributed by atoms with E-state index in [0.29, 0.717) is 0 Å². The number of benzene rings is 11. The van der Waals surface area contributed by atoms with E-state index in [9.17, 15) is 0 Å². The summed E-state index contributed by atoms with van der Waals surface area (Å²) < 4.78 is 0. The Kier molecular flexibility index (Phi) is 7.85. The lowest BCUT2D eigenvalue weighted by atomic mass is 9.67. The van der Waals surface area contributed by atoms with E-state index < -0.39 is 10.8 Å². The van der Waals surface area contributed by atoms with E-state index in [-0.39, 0.29) is 0 Å². The van der Waals surface area contributed by atoms with Crippen LogP contribution in [0, 0.1) is 0 Å². The standard InChI is InChI=1S/C64H39NS2/c1-2-16-45-40(15-1)29-30-41-37-42(31-34-46(41)45)65(43-32-35-49-47-17-3-5-19-51(47)63(57(49)38-43)53-21-7-11-25-59(53)66-60-26-12-8-22-54(60)63)44-33-36-50-48-18-4-6-20-52(48)64(58(50)39-44)55-23-9-13-27-61(55)67-62-28-14-10-24-56(62)64/h1-39H. The summed E-state index contributed by atoms with van der Waals surface area (Å²) in [6, 6.07) is 89.7. The zero-order valence-corrected chi connectivity index (χ0v) is 37.9. The van der Waals surface area contributed by atoms with Crippen molar-refractivity contribution in [2.45, 2.75) is 30.4 Å². The fraction of sp³-hybridized carbons (Fsp3) is 0.0312. The number of hydrogen-bond acceptors (Lipinski definition) is 3. The van der Waals surface area contributed by atoms with Gasteiger partial charge < -0.3 is 4.90 Å². The van der Waals surface area contributed by atoms with Gasteiger partial charge in [0.25, 0.3) is 0 Å². The second-order valence-corrected chi connectivity index (χ2v) is 20.4. The van der Waals surface area contributed by atoms with Gasteiger partial charge in [-0.1, -0.05) is 199 Å². The molecule has 0 atom stereocenters. The van der Waals surface area contributed by atoms with Gasteiger partial charge in [-0.3, -0.25) is 0 Å². The maximum atomic E-state index is 2.54. The average molecular weight is 886 g/mol. The first kappa shape index (κ1) is 37.6. The minimum Gasteiger partial charge on any atom is -0.310 e. The van der Waals surface area contributed by atoms with Crippen LogP contribution in [-0.2, 0) is 10.8 Å². The molecule has 0 unspecified atom stereocenters. The molecule has 0 fully saturated rings. The molecule has 2 aliphatic heterocycles. The second-order valence-electron chi connectivity index (χ2n) is 18.3. The third kappa shape index (κ3) is 4.97. The Balaban J connectivity index is 1.02. The molecule has 0 saturated carbocycles. The van der Waals surface area contributed by atoms with Crippen LogP contribution in [0.25, 0.3) is 43.8 Å². The van der Waals surface area contributed by atoms with Gasteiger partial charge in [0, 0.05) is 36.6 Å². The first-order valence-corrected chi connectivity index (χ1v) is 24.8. The molecule has 2 aliphatic carbocycles. The maximum absolute atomic E-state index is 2.54. The molecular formula is C64H39NS2. The highest BCUT2D eigenvalue weighted by atomic mass is 32.2. The monoisotopic (exact) mass is 885 g/mol. The molecule has 2 spiro atoms. The van der Waals surface area contributed by atoms with Crippen LogP contribution in [0.3, 0.4) is 0 Å². The predicted octanol–water partition coefficient (Wildman–Crippen LogP) is 17.1. The number of hydrogen-bond donors (Lipinski definition) is 0. The highest BCUT2D eigenvalue weighted by Gasteiger charge is 2.52. The summed E-state index contributed by atoms with van der Waals surface area (Å²) >= 11 is 3.79. The number of rotatable bonds is 3.